The Bertz CT molecular complexity index is 485. The fourth-order valence-electron chi connectivity index (χ4n) is 1.24. The van der Waals surface area contributed by atoms with Crippen LogP contribution in [0.25, 0.3) is 0 Å². The molecule has 1 atom stereocenters. The SMILES string of the molecule is Cc1ccc(Br)c(C(=O)NCC(C)(O)C(=O)O)c1. The number of carbonyl (C=O) groups is 2. The lowest BCUT2D eigenvalue weighted by atomic mass is 10.1. The standard InChI is InChI=1S/C12H14BrNO4/c1-7-3-4-9(13)8(5-7)10(15)14-6-12(2,18)11(16)17/h3-5,18H,6H2,1-2H3,(H,14,15)(H,16,17). The van der Waals surface area contributed by atoms with E-state index in [0.717, 1.165) is 12.5 Å². The van der Waals surface area contributed by atoms with Gasteiger partial charge in [0.05, 0.1) is 12.1 Å². The van der Waals surface area contributed by atoms with Crippen molar-refractivity contribution >= 4 is 27.8 Å². The molecule has 1 amide bonds. The number of carboxylic acids is 1. The van der Waals surface area contributed by atoms with E-state index in [2.05, 4.69) is 21.2 Å². The Kier molecular flexibility index (Phi) is 4.48. The van der Waals surface area contributed by atoms with E-state index in [1.54, 1.807) is 12.1 Å². The Morgan fingerprint density at radius 1 is 1.44 bits per heavy atom. The Hall–Kier alpha value is -1.40. The highest BCUT2D eigenvalue weighted by molar-refractivity contribution is 9.10. The molecule has 1 unspecified atom stereocenters. The summed E-state index contributed by atoms with van der Waals surface area (Å²) in [5, 5.41) is 20.6. The van der Waals surface area contributed by atoms with Gasteiger partial charge >= 0.3 is 5.97 Å². The number of rotatable bonds is 4. The second-order valence-corrected chi connectivity index (χ2v) is 5.10. The highest BCUT2D eigenvalue weighted by Gasteiger charge is 2.30. The molecular weight excluding hydrogens is 302 g/mol. The molecule has 98 valence electrons. The maximum Gasteiger partial charge on any atom is 0.337 e. The number of aryl methyl sites for hydroxylation is 1. The summed E-state index contributed by atoms with van der Waals surface area (Å²) in [5.41, 5.74) is -0.670. The van der Waals surface area contributed by atoms with Gasteiger partial charge < -0.3 is 15.5 Å². The predicted molar refractivity (Wildman–Crippen MR) is 69.5 cm³/mol. The summed E-state index contributed by atoms with van der Waals surface area (Å²) in [7, 11) is 0. The zero-order chi connectivity index (χ0) is 13.9. The van der Waals surface area contributed by atoms with Gasteiger partial charge in [-0.15, -0.1) is 0 Å². The van der Waals surface area contributed by atoms with Crippen LogP contribution in [0.5, 0.6) is 0 Å². The van der Waals surface area contributed by atoms with Gasteiger partial charge in [0.1, 0.15) is 0 Å². The van der Waals surface area contributed by atoms with Crippen molar-refractivity contribution in [2.75, 3.05) is 6.54 Å². The van der Waals surface area contributed by atoms with Gasteiger partial charge in [-0.2, -0.15) is 0 Å². The molecule has 6 heteroatoms. The van der Waals surface area contributed by atoms with Crippen LogP contribution in [-0.2, 0) is 4.79 Å². The van der Waals surface area contributed by atoms with Gasteiger partial charge in [-0.3, -0.25) is 4.79 Å². The Morgan fingerprint density at radius 3 is 2.61 bits per heavy atom. The minimum absolute atomic E-state index is 0.360. The van der Waals surface area contributed by atoms with Crippen LogP contribution >= 0.6 is 15.9 Å². The van der Waals surface area contributed by atoms with E-state index in [0.29, 0.717) is 10.0 Å². The number of aliphatic carboxylic acids is 1. The number of hydrogen-bond acceptors (Lipinski definition) is 3. The lowest BCUT2D eigenvalue weighted by Gasteiger charge is -2.18. The number of halogens is 1. The molecule has 0 saturated carbocycles. The summed E-state index contributed by atoms with van der Waals surface area (Å²) < 4.78 is 0.612. The summed E-state index contributed by atoms with van der Waals surface area (Å²) in [6.07, 6.45) is 0. The number of aliphatic hydroxyl groups is 1. The fourth-order valence-corrected chi connectivity index (χ4v) is 1.66. The third-order valence-corrected chi connectivity index (χ3v) is 3.11. The van der Waals surface area contributed by atoms with E-state index in [1.807, 2.05) is 13.0 Å². The van der Waals surface area contributed by atoms with Crippen LogP contribution in [0.3, 0.4) is 0 Å². The number of benzene rings is 1. The molecule has 0 radical (unpaired) electrons. The zero-order valence-electron chi connectivity index (χ0n) is 10.0. The van der Waals surface area contributed by atoms with Crippen molar-refractivity contribution in [3.8, 4) is 0 Å². The van der Waals surface area contributed by atoms with Gasteiger partial charge in [0.2, 0.25) is 0 Å². The second-order valence-electron chi connectivity index (χ2n) is 4.24. The van der Waals surface area contributed by atoms with Crippen LogP contribution in [0.4, 0.5) is 0 Å². The largest absolute Gasteiger partial charge is 0.479 e. The van der Waals surface area contributed by atoms with Crippen molar-refractivity contribution in [1.29, 1.82) is 0 Å². The topological polar surface area (TPSA) is 86.6 Å². The van der Waals surface area contributed by atoms with E-state index < -0.39 is 17.5 Å². The van der Waals surface area contributed by atoms with Crippen molar-refractivity contribution in [3.63, 3.8) is 0 Å². The molecule has 0 aromatic heterocycles. The summed E-state index contributed by atoms with van der Waals surface area (Å²) in [6.45, 7) is 2.61. The maximum atomic E-state index is 11.8. The monoisotopic (exact) mass is 315 g/mol. The molecule has 0 fully saturated rings. The Morgan fingerprint density at radius 2 is 2.06 bits per heavy atom. The Balaban J connectivity index is 2.78. The molecule has 1 aromatic carbocycles. The van der Waals surface area contributed by atoms with Crippen molar-refractivity contribution in [3.05, 3.63) is 33.8 Å². The van der Waals surface area contributed by atoms with E-state index in [-0.39, 0.29) is 6.54 Å². The van der Waals surface area contributed by atoms with Gasteiger partial charge in [0, 0.05) is 4.47 Å². The quantitative estimate of drug-likeness (QED) is 0.782. The fraction of sp³-hybridized carbons (Fsp3) is 0.333. The highest BCUT2D eigenvalue weighted by Crippen LogP contribution is 2.18. The normalized spacial score (nSPS) is 13.8. The van der Waals surface area contributed by atoms with Gasteiger partial charge in [-0.1, -0.05) is 11.6 Å². The third-order valence-electron chi connectivity index (χ3n) is 2.42. The first kappa shape index (κ1) is 14.7. The molecule has 1 rings (SSSR count). The smallest absolute Gasteiger partial charge is 0.337 e. The van der Waals surface area contributed by atoms with E-state index in [4.69, 9.17) is 5.11 Å². The minimum atomic E-state index is -1.98. The zero-order valence-corrected chi connectivity index (χ0v) is 11.6. The third kappa shape index (κ3) is 3.54. The maximum absolute atomic E-state index is 11.8. The number of nitrogens with one attached hydrogen (secondary N) is 1. The summed E-state index contributed by atoms with van der Waals surface area (Å²) in [4.78, 5) is 22.5. The molecule has 0 spiro atoms. The molecule has 1 aromatic rings. The van der Waals surface area contributed by atoms with Gasteiger partial charge in [0.15, 0.2) is 5.60 Å². The van der Waals surface area contributed by atoms with E-state index in [1.165, 1.54) is 0 Å². The van der Waals surface area contributed by atoms with Crippen molar-refractivity contribution in [1.82, 2.24) is 5.32 Å². The van der Waals surface area contributed by atoms with Gasteiger partial charge in [0.25, 0.3) is 5.91 Å². The number of hydrogen-bond donors (Lipinski definition) is 3. The molecule has 18 heavy (non-hydrogen) atoms. The van der Waals surface area contributed by atoms with Gasteiger partial charge in [-0.25, -0.2) is 4.79 Å². The second kappa shape index (κ2) is 5.49. The number of carbonyl (C=O) groups excluding carboxylic acids is 1. The molecule has 5 nitrogen and oxygen atoms in total. The summed E-state index contributed by atoms with van der Waals surface area (Å²) in [5.74, 6) is -1.82. The van der Waals surface area contributed by atoms with E-state index in [9.17, 15) is 14.7 Å². The molecule has 0 aliphatic heterocycles. The summed E-state index contributed by atoms with van der Waals surface area (Å²) >= 11 is 3.24. The molecule has 0 bridgehead atoms. The number of carboxylic acid groups (broad SMARTS) is 1. The predicted octanol–water partition coefficient (Wildman–Crippen LogP) is 1.32. The van der Waals surface area contributed by atoms with E-state index >= 15 is 0 Å². The van der Waals surface area contributed by atoms with Crippen LogP contribution in [0.1, 0.15) is 22.8 Å². The average Bonchev–Trinajstić information content (AvgIpc) is 2.29. The van der Waals surface area contributed by atoms with Crippen LogP contribution in [0.15, 0.2) is 22.7 Å². The molecule has 3 N–H and O–H groups in total. The van der Waals surface area contributed by atoms with Crippen LogP contribution in [-0.4, -0.2) is 34.2 Å². The first-order valence-electron chi connectivity index (χ1n) is 5.24. The Labute approximate surface area is 113 Å². The van der Waals surface area contributed by atoms with Gasteiger partial charge in [-0.05, 0) is 41.9 Å². The highest BCUT2D eigenvalue weighted by atomic mass is 79.9. The molecule has 0 aliphatic carbocycles. The first-order chi connectivity index (χ1) is 8.24. The van der Waals surface area contributed by atoms with Crippen molar-refractivity contribution < 1.29 is 19.8 Å². The molecule has 0 saturated heterocycles. The summed E-state index contributed by atoms with van der Waals surface area (Å²) in [6, 6.07) is 5.25. The molecule has 0 aliphatic rings. The van der Waals surface area contributed by atoms with Crippen LogP contribution in [0.2, 0.25) is 0 Å². The van der Waals surface area contributed by atoms with Crippen LogP contribution in [0, 0.1) is 6.92 Å². The van der Waals surface area contributed by atoms with Crippen molar-refractivity contribution in [2.45, 2.75) is 19.4 Å². The minimum Gasteiger partial charge on any atom is -0.479 e. The molecule has 0 heterocycles. The van der Waals surface area contributed by atoms with Crippen LogP contribution < -0.4 is 5.32 Å². The lowest BCUT2D eigenvalue weighted by molar-refractivity contribution is -0.155. The lowest BCUT2D eigenvalue weighted by Crippen LogP contribution is -2.46. The molecular formula is C12H14BrNO4. The number of amides is 1. The van der Waals surface area contributed by atoms with Crippen molar-refractivity contribution in [2.24, 2.45) is 0 Å². The average molecular weight is 316 g/mol. The first-order valence-corrected chi connectivity index (χ1v) is 6.03.